The third kappa shape index (κ3) is 4.98. The molecule has 5 heteroatoms. The van der Waals surface area contributed by atoms with E-state index in [0.29, 0.717) is 31.2 Å². The van der Waals surface area contributed by atoms with Gasteiger partial charge in [-0.1, -0.05) is 6.92 Å². The van der Waals surface area contributed by atoms with Crippen molar-refractivity contribution in [1.82, 2.24) is 4.90 Å². The van der Waals surface area contributed by atoms with Gasteiger partial charge in [0.25, 0.3) is 0 Å². The van der Waals surface area contributed by atoms with E-state index in [-0.39, 0.29) is 11.9 Å². The van der Waals surface area contributed by atoms with Gasteiger partial charge in [-0.05, 0) is 56.9 Å². The van der Waals surface area contributed by atoms with Crippen LogP contribution in [0.25, 0.3) is 0 Å². The molecule has 1 fully saturated rings. The maximum Gasteiger partial charge on any atom is 0.338 e. The highest BCUT2D eigenvalue weighted by Gasteiger charge is 2.24. The summed E-state index contributed by atoms with van der Waals surface area (Å²) < 4.78 is 4.96. The van der Waals surface area contributed by atoms with Gasteiger partial charge in [0.05, 0.1) is 12.2 Å². The summed E-state index contributed by atoms with van der Waals surface area (Å²) in [6.07, 6.45) is 5.01. The molecule has 1 heterocycles. The molecule has 0 radical (unpaired) electrons. The van der Waals surface area contributed by atoms with E-state index < -0.39 is 0 Å². The van der Waals surface area contributed by atoms with Crippen LogP contribution in [0.3, 0.4) is 0 Å². The molecule has 1 amide bonds. The molecule has 1 unspecified atom stereocenters. The van der Waals surface area contributed by atoms with Gasteiger partial charge in [0.1, 0.15) is 0 Å². The molecular formula is C19H28N2O3. The molecule has 0 spiro atoms. The highest BCUT2D eigenvalue weighted by Crippen LogP contribution is 2.20. The molecule has 2 rings (SSSR count). The van der Waals surface area contributed by atoms with Crippen LogP contribution in [0.1, 0.15) is 56.3 Å². The number of anilines is 1. The number of esters is 1. The van der Waals surface area contributed by atoms with Crippen LogP contribution in [0.5, 0.6) is 0 Å². The number of rotatable bonds is 7. The Bertz CT molecular complexity index is 542. The molecule has 0 aromatic heterocycles. The first-order valence-electron chi connectivity index (χ1n) is 8.96. The molecule has 0 saturated carbocycles. The van der Waals surface area contributed by atoms with Gasteiger partial charge in [-0.25, -0.2) is 4.79 Å². The molecule has 132 valence electrons. The molecule has 1 aromatic carbocycles. The minimum Gasteiger partial charge on any atom is -0.462 e. The van der Waals surface area contributed by atoms with Gasteiger partial charge in [-0.15, -0.1) is 0 Å². The topological polar surface area (TPSA) is 58.6 Å². The Morgan fingerprint density at radius 2 is 1.96 bits per heavy atom. The van der Waals surface area contributed by atoms with Crippen LogP contribution in [0, 0.1) is 0 Å². The lowest BCUT2D eigenvalue weighted by Crippen LogP contribution is -2.43. The van der Waals surface area contributed by atoms with Gasteiger partial charge in [0.15, 0.2) is 0 Å². The summed E-state index contributed by atoms with van der Waals surface area (Å²) in [7, 11) is 0. The number of hydrogen-bond donors (Lipinski definition) is 1. The zero-order valence-corrected chi connectivity index (χ0v) is 14.7. The van der Waals surface area contributed by atoms with Gasteiger partial charge in [-0.2, -0.15) is 0 Å². The summed E-state index contributed by atoms with van der Waals surface area (Å²) in [5.74, 6) is -0.0767. The molecule has 1 aliphatic rings. The first-order chi connectivity index (χ1) is 11.7. The molecule has 1 N–H and O–H groups in total. The summed E-state index contributed by atoms with van der Waals surface area (Å²) in [5.41, 5.74) is 1.44. The van der Waals surface area contributed by atoms with E-state index in [9.17, 15) is 9.59 Å². The SMILES string of the molecule is CCOC(=O)c1ccc(NCCC(=O)N2CCCCC2CC)cc1. The second kappa shape index (κ2) is 9.30. The molecule has 1 aliphatic heterocycles. The lowest BCUT2D eigenvalue weighted by molar-refractivity contribution is -0.134. The maximum absolute atomic E-state index is 12.4. The number of hydrogen-bond acceptors (Lipinski definition) is 4. The van der Waals surface area contributed by atoms with E-state index in [4.69, 9.17) is 4.74 Å². The quantitative estimate of drug-likeness (QED) is 0.777. The predicted molar refractivity (Wildman–Crippen MR) is 95.1 cm³/mol. The lowest BCUT2D eigenvalue weighted by Gasteiger charge is -2.35. The Labute approximate surface area is 144 Å². The van der Waals surface area contributed by atoms with Crippen molar-refractivity contribution < 1.29 is 14.3 Å². The fraction of sp³-hybridized carbons (Fsp3) is 0.579. The average molecular weight is 332 g/mol. The van der Waals surface area contributed by atoms with Gasteiger partial charge in [-0.3, -0.25) is 4.79 Å². The Hall–Kier alpha value is -2.04. The van der Waals surface area contributed by atoms with E-state index in [2.05, 4.69) is 17.1 Å². The lowest BCUT2D eigenvalue weighted by atomic mass is 9.99. The Kier molecular flexibility index (Phi) is 7.09. The third-order valence-electron chi connectivity index (χ3n) is 4.48. The van der Waals surface area contributed by atoms with Crippen molar-refractivity contribution in [2.24, 2.45) is 0 Å². The summed E-state index contributed by atoms with van der Waals surface area (Å²) >= 11 is 0. The monoisotopic (exact) mass is 332 g/mol. The normalized spacial score (nSPS) is 17.4. The highest BCUT2D eigenvalue weighted by molar-refractivity contribution is 5.89. The summed E-state index contributed by atoms with van der Waals surface area (Å²) in [6, 6.07) is 7.56. The largest absolute Gasteiger partial charge is 0.462 e. The fourth-order valence-corrected chi connectivity index (χ4v) is 3.15. The molecule has 1 atom stereocenters. The first-order valence-corrected chi connectivity index (χ1v) is 8.96. The summed E-state index contributed by atoms with van der Waals surface area (Å²) in [5, 5.41) is 3.25. The van der Waals surface area contributed by atoms with Crippen LogP contribution in [0.2, 0.25) is 0 Å². The van der Waals surface area contributed by atoms with Crippen molar-refractivity contribution in [1.29, 1.82) is 0 Å². The van der Waals surface area contributed by atoms with E-state index >= 15 is 0 Å². The van der Waals surface area contributed by atoms with Crippen molar-refractivity contribution >= 4 is 17.6 Å². The fourth-order valence-electron chi connectivity index (χ4n) is 3.15. The molecule has 1 aromatic rings. The molecular weight excluding hydrogens is 304 g/mol. The molecule has 1 saturated heterocycles. The van der Waals surface area contributed by atoms with E-state index in [0.717, 1.165) is 31.5 Å². The minimum absolute atomic E-state index is 0.234. The first kappa shape index (κ1) is 18.3. The van der Waals surface area contributed by atoms with Gasteiger partial charge >= 0.3 is 5.97 Å². The maximum atomic E-state index is 12.4. The highest BCUT2D eigenvalue weighted by atomic mass is 16.5. The van der Waals surface area contributed by atoms with Crippen LogP contribution in [-0.2, 0) is 9.53 Å². The van der Waals surface area contributed by atoms with Crippen molar-refractivity contribution in [3.8, 4) is 0 Å². The number of nitrogens with zero attached hydrogens (tertiary/aromatic N) is 1. The number of carbonyl (C=O) groups excluding carboxylic acids is 2. The van der Waals surface area contributed by atoms with Crippen LogP contribution in [0.4, 0.5) is 5.69 Å². The van der Waals surface area contributed by atoms with Crippen molar-refractivity contribution in [3.63, 3.8) is 0 Å². The Morgan fingerprint density at radius 3 is 2.62 bits per heavy atom. The van der Waals surface area contributed by atoms with E-state index in [1.54, 1.807) is 19.1 Å². The van der Waals surface area contributed by atoms with Gasteiger partial charge in [0, 0.05) is 31.2 Å². The zero-order chi connectivity index (χ0) is 17.4. The van der Waals surface area contributed by atoms with Crippen LogP contribution >= 0.6 is 0 Å². The van der Waals surface area contributed by atoms with Gasteiger partial charge in [0.2, 0.25) is 5.91 Å². The standard InChI is InChI=1S/C19H28N2O3/c1-3-17-7-5-6-14-21(17)18(22)12-13-20-16-10-8-15(9-11-16)19(23)24-4-2/h8-11,17,20H,3-7,12-14H2,1-2H3. The number of piperidine rings is 1. The summed E-state index contributed by atoms with van der Waals surface area (Å²) in [4.78, 5) is 26.0. The van der Waals surface area contributed by atoms with Crippen LogP contribution in [-0.4, -0.2) is 42.5 Å². The third-order valence-corrected chi connectivity index (χ3v) is 4.48. The number of amides is 1. The van der Waals surface area contributed by atoms with Gasteiger partial charge < -0.3 is 15.0 Å². The van der Waals surface area contributed by atoms with Crippen LogP contribution < -0.4 is 5.32 Å². The Balaban J connectivity index is 1.79. The minimum atomic E-state index is -0.310. The second-order valence-electron chi connectivity index (χ2n) is 6.12. The number of benzene rings is 1. The van der Waals surface area contributed by atoms with E-state index in [1.165, 1.54) is 6.42 Å². The number of likely N-dealkylation sites (tertiary alicyclic amines) is 1. The summed E-state index contributed by atoms with van der Waals surface area (Å²) in [6.45, 7) is 5.81. The van der Waals surface area contributed by atoms with Crippen molar-refractivity contribution in [2.45, 2.75) is 52.0 Å². The number of carbonyl (C=O) groups is 2. The molecule has 5 nitrogen and oxygen atoms in total. The average Bonchev–Trinajstić information content (AvgIpc) is 2.62. The number of ether oxygens (including phenoxy) is 1. The zero-order valence-electron chi connectivity index (χ0n) is 14.7. The van der Waals surface area contributed by atoms with Crippen molar-refractivity contribution in [2.75, 3.05) is 25.0 Å². The molecule has 24 heavy (non-hydrogen) atoms. The smallest absolute Gasteiger partial charge is 0.338 e. The molecule has 0 bridgehead atoms. The van der Waals surface area contributed by atoms with Crippen LogP contribution in [0.15, 0.2) is 24.3 Å². The van der Waals surface area contributed by atoms with Crippen molar-refractivity contribution in [3.05, 3.63) is 29.8 Å². The number of nitrogens with one attached hydrogen (secondary N) is 1. The molecule has 0 aliphatic carbocycles. The second-order valence-corrected chi connectivity index (χ2v) is 6.12. The Morgan fingerprint density at radius 1 is 1.21 bits per heavy atom. The predicted octanol–water partition coefficient (Wildman–Crippen LogP) is 3.46. The van der Waals surface area contributed by atoms with E-state index in [1.807, 2.05) is 12.1 Å².